The van der Waals surface area contributed by atoms with Crippen molar-refractivity contribution < 1.29 is 9.53 Å². The van der Waals surface area contributed by atoms with E-state index < -0.39 is 0 Å². The van der Waals surface area contributed by atoms with E-state index in [2.05, 4.69) is 30.8 Å². The minimum atomic E-state index is -0.312. The zero-order valence-corrected chi connectivity index (χ0v) is 10.5. The molecule has 0 radical (unpaired) electrons. The highest BCUT2D eigenvalue weighted by atomic mass is 16.6. The molecule has 2 aliphatic rings. The van der Waals surface area contributed by atoms with Crippen molar-refractivity contribution in [1.29, 1.82) is 0 Å². The van der Waals surface area contributed by atoms with Gasteiger partial charge in [-0.3, -0.25) is 0 Å². The number of rotatable bonds is 1. The summed E-state index contributed by atoms with van der Waals surface area (Å²) in [5.41, 5.74) is 1.62. The Labute approximate surface area is 108 Å². The molecule has 18 heavy (non-hydrogen) atoms. The molecule has 2 heteroatoms. The molecule has 0 bridgehead atoms. The van der Waals surface area contributed by atoms with Crippen LogP contribution in [0.3, 0.4) is 0 Å². The number of hydrogen-bond acceptors (Lipinski definition) is 2. The van der Waals surface area contributed by atoms with E-state index in [4.69, 9.17) is 4.74 Å². The summed E-state index contributed by atoms with van der Waals surface area (Å²) in [6, 6.07) is 10.4. The summed E-state index contributed by atoms with van der Waals surface area (Å²) in [7, 11) is 0. The van der Waals surface area contributed by atoms with Crippen molar-refractivity contribution in [1.82, 2.24) is 0 Å². The van der Waals surface area contributed by atoms with Gasteiger partial charge in [-0.2, -0.15) is 0 Å². The van der Waals surface area contributed by atoms with Crippen LogP contribution in [0.25, 0.3) is 0 Å². The number of ether oxygens (including phenoxy) is 1. The molecule has 1 heterocycles. The van der Waals surface area contributed by atoms with Gasteiger partial charge in [0.1, 0.15) is 5.60 Å². The van der Waals surface area contributed by atoms with E-state index in [-0.39, 0.29) is 11.6 Å². The first kappa shape index (κ1) is 11.5. The lowest BCUT2D eigenvalue weighted by Gasteiger charge is -2.40. The largest absolute Gasteiger partial charge is 0.455 e. The van der Waals surface area contributed by atoms with E-state index in [1.807, 2.05) is 6.07 Å². The van der Waals surface area contributed by atoms with Crippen LogP contribution in [0.2, 0.25) is 0 Å². The maximum absolute atomic E-state index is 11.7. The lowest BCUT2D eigenvalue weighted by atomic mass is 9.70. The van der Waals surface area contributed by atoms with Gasteiger partial charge in [0.2, 0.25) is 0 Å². The molecule has 0 amide bonds. The predicted octanol–water partition coefficient (Wildman–Crippen LogP) is 3.59. The second kappa shape index (κ2) is 4.27. The van der Waals surface area contributed by atoms with Crippen LogP contribution in [0.1, 0.15) is 43.6 Å². The van der Waals surface area contributed by atoms with Gasteiger partial charge in [0, 0.05) is 17.9 Å². The molecule has 1 saturated carbocycles. The summed E-state index contributed by atoms with van der Waals surface area (Å²) in [4.78, 5) is 11.7. The van der Waals surface area contributed by atoms with Crippen molar-refractivity contribution in [2.24, 2.45) is 0 Å². The Morgan fingerprint density at radius 3 is 2.67 bits per heavy atom. The van der Waals surface area contributed by atoms with Crippen molar-refractivity contribution in [3.63, 3.8) is 0 Å². The van der Waals surface area contributed by atoms with Crippen LogP contribution >= 0.6 is 0 Å². The van der Waals surface area contributed by atoms with Gasteiger partial charge in [-0.05, 0) is 24.8 Å². The molecule has 1 aromatic rings. The number of benzene rings is 1. The topological polar surface area (TPSA) is 26.3 Å². The van der Waals surface area contributed by atoms with Gasteiger partial charge in [0.25, 0.3) is 0 Å². The zero-order chi connectivity index (χ0) is 12.6. The Balaban J connectivity index is 1.97. The van der Waals surface area contributed by atoms with Gasteiger partial charge in [0.15, 0.2) is 0 Å². The molecule has 0 aromatic heterocycles. The predicted molar refractivity (Wildman–Crippen MR) is 70.2 cm³/mol. The molecule has 1 aromatic carbocycles. The molecule has 1 aliphatic carbocycles. The van der Waals surface area contributed by atoms with Crippen LogP contribution in [0.4, 0.5) is 0 Å². The maximum atomic E-state index is 11.7. The first-order chi connectivity index (χ1) is 8.71. The molecule has 2 fully saturated rings. The van der Waals surface area contributed by atoms with Crippen molar-refractivity contribution in [2.75, 3.05) is 0 Å². The number of carbonyl (C=O) groups excluding carboxylic acids is 1. The number of hydrogen-bond donors (Lipinski definition) is 0. The van der Waals surface area contributed by atoms with Crippen LogP contribution in [-0.2, 0) is 9.53 Å². The van der Waals surface area contributed by atoms with Crippen LogP contribution < -0.4 is 0 Å². The normalized spacial score (nSPS) is 31.7. The SMILES string of the molecule is C=C1C[C@]2(CCCC[C@H]2c2ccccc2)OC1=O. The maximum Gasteiger partial charge on any atom is 0.334 e. The van der Waals surface area contributed by atoms with Crippen molar-refractivity contribution >= 4 is 5.97 Å². The first-order valence-corrected chi connectivity index (χ1v) is 6.67. The highest BCUT2D eigenvalue weighted by Gasteiger charge is 2.50. The summed E-state index contributed by atoms with van der Waals surface area (Å²) in [5, 5.41) is 0. The van der Waals surface area contributed by atoms with Gasteiger partial charge in [-0.1, -0.05) is 43.3 Å². The smallest absolute Gasteiger partial charge is 0.334 e. The average molecular weight is 242 g/mol. The molecule has 1 aliphatic heterocycles. The third-order valence-electron chi connectivity index (χ3n) is 4.28. The Bertz CT molecular complexity index is 459. The quantitative estimate of drug-likeness (QED) is 0.555. The lowest BCUT2D eigenvalue weighted by molar-refractivity contribution is -0.150. The zero-order valence-electron chi connectivity index (χ0n) is 10.5. The summed E-state index contributed by atoms with van der Waals surface area (Å²) in [6.07, 6.45) is 5.13. The van der Waals surface area contributed by atoms with E-state index >= 15 is 0 Å². The van der Waals surface area contributed by atoms with Crippen LogP contribution in [-0.4, -0.2) is 11.6 Å². The van der Waals surface area contributed by atoms with Gasteiger partial charge in [-0.15, -0.1) is 0 Å². The van der Waals surface area contributed by atoms with Gasteiger partial charge in [0.05, 0.1) is 0 Å². The molecule has 2 atom stereocenters. The Morgan fingerprint density at radius 1 is 1.22 bits per heavy atom. The molecular formula is C16H18O2. The van der Waals surface area contributed by atoms with Crippen LogP contribution in [0.5, 0.6) is 0 Å². The second-order valence-corrected chi connectivity index (χ2v) is 5.44. The van der Waals surface area contributed by atoms with Crippen molar-refractivity contribution in [3.05, 3.63) is 48.0 Å². The fourth-order valence-electron chi connectivity index (χ4n) is 3.43. The molecule has 1 saturated heterocycles. The third-order valence-corrected chi connectivity index (χ3v) is 4.28. The van der Waals surface area contributed by atoms with Gasteiger partial charge < -0.3 is 4.74 Å². The Morgan fingerprint density at radius 2 is 2.00 bits per heavy atom. The second-order valence-electron chi connectivity index (χ2n) is 5.44. The highest BCUT2D eigenvalue weighted by molar-refractivity contribution is 5.90. The molecule has 1 spiro atoms. The Kier molecular flexibility index (Phi) is 2.73. The number of carbonyl (C=O) groups is 1. The lowest BCUT2D eigenvalue weighted by Crippen LogP contribution is -2.38. The fourth-order valence-corrected chi connectivity index (χ4v) is 3.43. The van der Waals surface area contributed by atoms with Gasteiger partial charge in [-0.25, -0.2) is 4.79 Å². The van der Waals surface area contributed by atoms with E-state index in [9.17, 15) is 4.79 Å². The average Bonchev–Trinajstić information content (AvgIpc) is 2.66. The third kappa shape index (κ3) is 1.76. The molecular weight excluding hydrogens is 224 g/mol. The summed E-state index contributed by atoms with van der Waals surface area (Å²) < 4.78 is 5.73. The molecule has 0 unspecified atom stereocenters. The summed E-state index contributed by atoms with van der Waals surface area (Å²) >= 11 is 0. The Hall–Kier alpha value is -1.57. The summed E-state index contributed by atoms with van der Waals surface area (Å²) in [6.45, 7) is 3.84. The molecule has 94 valence electrons. The van der Waals surface area contributed by atoms with E-state index in [0.29, 0.717) is 17.9 Å². The molecule has 3 rings (SSSR count). The van der Waals surface area contributed by atoms with E-state index in [1.165, 1.54) is 12.0 Å². The van der Waals surface area contributed by atoms with Crippen LogP contribution in [0, 0.1) is 0 Å². The molecule has 2 nitrogen and oxygen atoms in total. The standard InChI is InChI=1S/C16H18O2/c1-12-11-16(18-15(12)17)10-6-5-9-14(16)13-7-3-2-4-8-13/h2-4,7-8,14H,1,5-6,9-11H2/t14-,16-/m0/s1. The number of esters is 1. The van der Waals surface area contributed by atoms with E-state index in [0.717, 1.165) is 19.3 Å². The fraction of sp³-hybridized carbons (Fsp3) is 0.438. The van der Waals surface area contributed by atoms with E-state index in [1.54, 1.807) is 0 Å². The van der Waals surface area contributed by atoms with Crippen molar-refractivity contribution in [3.8, 4) is 0 Å². The van der Waals surface area contributed by atoms with Crippen molar-refractivity contribution in [2.45, 2.75) is 43.6 Å². The molecule has 0 N–H and O–H groups in total. The van der Waals surface area contributed by atoms with Crippen LogP contribution in [0.15, 0.2) is 42.5 Å². The highest BCUT2D eigenvalue weighted by Crippen LogP contribution is 2.50. The summed E-state index contributed by atoms with van der Waals surface area (Å²) in [5.74, 6) is 0.133. The monoisotopic (exact) mass is 242 g/mol. The first-order valence-electron chi connectivity index (χ1n) is 6.67. The minimum absolute atomic E-state index is 0.196. The van der Waals surface area contributed by atoms with Gasteiger partial charge >= 0.3 is 5.97 Å². The minimum Gasteiger partial charge on any atom is -0.455 e.